The molecule has 1 aliphatic carbocycles. The Morgan fingerprint density at radius 3 is 2.75 bits per heavy atom. The molecule has 0 N–H and O–H groups in total. The fourth-order valence-corrected chi connectivity index (χ4v) is 4.72. The van der Waals surface area contributed by atoms with Crippen LogP contribution in [-0.4, -0.2) is 27.2 Å². The van der Waals surface area contributed by atoms with Gasteiger partial charge in [-0.15, -0.1) is 17.9 Å². The summed E-state index contributed by atoms with van der Waals surface area (Å²) >= 11 is 1.57. The second kappa shape index (κ2) is 7.67. The van der Waals surface area contributed by atoms with Crippen LogP contribution in [0.2, 0.25) is 0 Å². The van der Waals surface area contributed by atoms with Crippen LogP contribution in [0.1, 0.15) is 40.8 Å². The lowest BCUT2D eigenvalue weighted by atomic mass is 10.0. The second-order valence-electron chi connectivity index (χ2n) is 6.79. The van der Waals surface area contributed by atoms with Gasteiger partial charge in [0.1, 0.15) is 0 Å². The summed E-state index contributed by atoms with van der Waals surface area (Å²) in [6, 6.07) is 7.13. The van der Waals surface area contributed by atoms with Crippen molar-refractivity contribution in [1.29, 1.82) is 0 Å². The van der Waals surface area contributed by atoms with Gasteiger partial charge in [-0.3, -0.25) is 14.5 Å². The number of amides is 1. The molecule has 7 heteroatoms. The van der Waals surface area contributed by atoms with Crippen LogP contribution in [0.4, 0.5) is 5.13 Å². The van der Waals surface area contributed by atoms with Gasteiger partial charge in [0.25, 0.3) is 11.5 Å². The van der Waals surface area contributed by atoms with Crippen LogP contribution in [0, 0.1) is 0 Å². The summed E-state index contributed by atoms with van der Waals surface area (Å²) < 4.78 is 1.34. The van der Waals surface area contributed by atoms with E-state index in [1.165, 1.54) is 9.56 Å². The van der Waals surface area contributed by atoms with E-state index in [1.807, 2.05) is 13.0 Å². The standard InChI is InChI=1S/C21H22N4O2S/c1-3-13-24(21-22-16-11-7-8-12-17(16)28-21)20(27)18-14-9-5-6-10-15(14)19(26)25(4-2)23-18/h3,5-6,9-10H,1,4,7-8,11-13H2,2H3. The molecule has 6 nitrogen and oxygen atoms in total. The minimum Gasteiger partial charge on any atom is -0.279 e. The summed E-state index contributed by atoms with van der Waals surface area (Å²) in [7, 11) is 0. The van der Waals surface area contributed by atoms with E-state index in [4.69, 9.17) is 4.98 Å². The van der Waals surface area contributed by atoms with Crippen molar-refractivity contribution >= 4 is 33.1 Å². The molecule has 0 fully saturated rings. The highest BCUT2D eigenvalue weighted by atomic mass is 32.1. The predicted octanol–water partition coefficient (Wildman–Crippen LogP) is 3.58. The Kier molecular flexibility index (Phi) is 5.09. The van der Waals surface area contributed by atoms with E-state index in [1.54, 1.807) is 40.5 Å². The molecular formula is C21H22N4O2S. The van der Waals surface area contributed by atoms with Gasteiger partial charge in [-0.25, -0.2) is 9.67 Å². The zero-order valence-electron chi connectivity index (χ0n) is 15.9. The molecule has 0 radical (unpaired) electrons. The Morgan fingerprint density at radius 2 is 2.04 bits per heavy atom. The SMILES string of the molecule is C=CCN(C(=O)c1nn(CC)c(=O)c2ccccc12)c1nc2c(s1)CCCC2. The maximum Gasteiger partial charge on any atom is 0.281 e. The number of fused-ring (bicyclic) bond motifs is 2. The van der Waals surface area contributed by atoms with Gasteiger partial charge in [0.15, 0.2) is 10.8 Å². The molecule has 0 spiro atoms. The fourth-order valence-electron chi connectivity index (χ4n) is 3.57. The number of aryl methyl sites for hydroxylation is 3. The normalized spacial score (nSPS) is 13.3. The zero-order valence-corrected chi connectivity index (χ0v) is 16.7. The molecule has 2 aromatic heterocycles. The third-order valence-electron chi connectivity index (χ3n) is 4.99. The van der Waals surface area contributed by atoms with Crippen molar-refractivity contribution in [3.8, 4) is 0 Å². The summed E-state index contributed by atoms with van der Waals surface area (Å²) in [6.07, 6.45) is 5.97. The number of hydrogen-bond donors (Lipinski definition) is 0. The van der Waals surface area contributed by atoms with Crippen LogP contribution < -0.4 is 10.5 Å². The molecule has 0 unspecified atom stereocenters. The van der Waals surface area contributed by atoms with Crippen molar-refractivity contribution in [2.75, 3.05) is 11.4 Å². The van der Waals surface area contributed by atoms with E-state index in [0.29, 0.717) is 29.0 Å². The lowest BCUT2D eigenvalue weighted by molar-refractivity contribution is 0.0984. The van der Waals surface area contributed by atoms with Crippen molar-refractivity contribution in [2.24, 2.45) is 0 Å². The third-order valence-corrected chi connectivity index (χ3v) is 6.17. The number of carbonyl (C=O) groups is 1. The van der Waals surface area contributed by atoms with Crippen molar-refractivity contribution in [2.45, 2.75) is 39.2 Å². The first-order valence-corrected chi connectivity index (χ1v) is 10.4. The Hall–Kier alpha value is -2.80. The van der Waals surface area contributed by atoms with Crippen molar-refractivity contribution < 1.29 is 4.79 Å². The Bertz CT molecular complexity index is 1090. The first-order chi connectivity index (χ1) is 13.6. The summed E-state index contributed by atoms with van der Waals surface area (Å²) in [4.78, 5) is 33.7. The number of rotatable bonds is 5. The first-order valence-electron chi connectivity index (χ1n) is 9.55. The smallest absolute Gasteiger partial charge is 0.279 e. The van der Waals surface area contributed by atoms with E-state index in [2.05, 4.69) is 11.7 Å². The van der Waals surface area contributed by atoms with E-state index >= 15 is 0 Å². The molecule has 0 aliphatic heterocycles. The minimum absolute atomic E-state index is 0.186. The number of aromatic nitrogens is 3. The molecule has 0 bridgehead atoms. The van der Waals surface area contributed by atoms with Gasteiger partial charge in [0.2, 0.25) is 0 Å². The third kappa shape index (κ3) is 3.16. The molecule has 1 aliphatic rings. The highest BCUT2D eigenvalue weighted by Crippen LogP contribution is 2.32. The number of thiazole rings is 1. The van der Waals surface area contributed by atoms with Gasteiger partial charge in [-0.1, -0.05) is 24.3 Å². The van der Waals surface area contributed by atoms with Gasteiger partial charge >= 0.3 is 0 Å². The van der Waals surface area contributed by atoms with Gasteiger partial charge < -0.3 is 0 Å². The van der Waals surface area contributed by atoms with Crippen LogP contribution >= 0.6 is 11.3 Å². The summed E-state index contributed by atoms with van der Waals surface area (Å²) in [6.45, 7) is 6.38. The lowest BCUT2D eigenvalue weighted by Gasteiger charge is -2.19. The van der Waals surface area contributed by atoms with Crippen LogP contribution in [0.5, 0.6) is 0 Å². The van der Waals surface area contributed by atoms with Gasteiger partial charge in [-0.2, -0.15) is 5.10 Å². The zero-order chi connectivity index (χ0) is 19.7. The maximum atomic E-state index is 13.5. The van der Waals surface area contributed by atoms with Crippen LogP contribution in [0.3, 0.4) is 0 Å². The molecule has 2 heterocycles. The molecule has 144 valence electrons. The van der Waals surface area contributed by atoms with Crippen molar-refractivity contribution in [1.82, 2.24) is 14.8 Å². The van der Waals surface area contributed by atoms with E-state index in [0.717, 1.165) is 31.4 Å². The lowest BCUT2D eigenvalue weighted by Crippen LogP contribution is -2.34. The minimum atomic E-state index is -0.260. The number of benzene rings is 1. The van der Waals surface area contributed by atoms with Gasteiger partial charge in [0, 0.05) is 23.4 Å². The Labute approximate surface area is 167 Å². The molecular weight excluding hydrogens is 372 g/mol. The molecule has 1 aromatic carbocycles. The number of anilines is 1. The number of hydrogen-bond acceptors (Lipinski definition) is 5. The van der Waals surface area contributed by atoms with E-state index in [9.17, 15) is 9.59 Å². The Morgan fingerprint density at radius 1 is 1.29 bits per heavy atom. The summed E-state index contributed by atoms with van der Waals surface area (Å²) in [5.74, 6) is -0.260. The van der Waals surface area contributed by atoms with Crippen LogP contribution in [-0.2, 0) is 19.4 Å². The van der Waals surface area contributed by atoms with Crippen LogP contribution in [0.25, 0.3) is 10.8 Å². The number of nitrogens with zero attached hydrogens (tertiary/aromatic N) is 4. The van der Waals surface area contributed by atoms with E-state index < -0.39 is 0 Å². The predicted molar refractivity (Wildman–Crippen MR) is 112 cm³/mol. The molecule has 0 saturated carbocycles. The van der Waals surface area contributed by atoms with Crippen molar-refractivity contribution in [3.05, 3.63) is 63.5 Å². The average molecular weight is 395 g/mol. The topological polar surface area (TPSA) is 68.1 Å². The monoisotopic (exact) mass is 394 g/mol. The molecule has 1 amide bonds. The maximum absolute atomic E-state index is 13.5. The van der Waals surface area contributed by atoms with Gasteiger partial charge in [-0.05, 0) is 38.7 Å². The summed E-state index contributed by atoms with van der Waals surface area (Å²) in [5.41, 5.74) is 1.19. The highest BCUT2D eigenvalue weighted by Gasteiger charge is 2.26. The molecule has 28 heavy (non-hydrogen) atoms. The largest absolute Gasteiger partial charge is 0.281 e. The molecule has 0 saturated heterocycles. The van der Waals surface area contributed by atoms with Crippen molar-refractivity contribution in [3.63, 3.8) is 0 Å². The summed E-state index contributed by atoms with van der Waals surface area (Å²) in [5, 5.41) is 6.13. The number of carbonyl (C=O) groups excluding carboxylic acids is 1. The molecule has 3 aromatic rings. The quantitative estimate of drug-likeness (QED) is 0.620. The molecule has 4 rings (SSSR count). The van der Waals surface area contributed by atoms with Gasteiger partial charge in [0.05, 0.1) is 11.1 Å². The molecule has 0 atom stereocenters. The Balaban J connectivity index is 1.84. The first kappa shape index (κ1) is 18.6. The van der Waals surface area contributed by atoms with Crippen LogP contribution in [0.15, 0.2) is 41.7 Å². The van der Waals surface area contributed by atoms with E-state index in [-0.39, 0.29) is 17.2 Å². The highest BCUT2D eigenvalue weighted by molar-refractivity contribution is 7.16. The average Bonchev–Trinajstić information content (AvgIpc) is 3.16. The second-order valence-corrected chi connectivity index (χ2v) is 7.86. The fraction of sp³-hybridized carbons (Fsp3) is 0.333.